The van der Waals surface area contributed by atoms with Gasteiger partial charge in [0.1, 0.15) is 0 Å². The molecule has 0 bridgehead atoms. The Bertz CT molecular complexity index is 283. The van der Waals surface area contributed by atoms with Gasteiger partial charge in [0.15, 0.2) is 0 Å². The third kappa shape index (κ3) is 3.55. The van der Waals surface area contributed by atoms with Crippen molar-refractivity contribution in [3.05, 3.63) is 0 Å². The number of piperazine rings is 1. The van der Waals surface area contributed by atoms with Crippen LogP contribution < -0.4 is 0 Å². The summed E-state index contributed by atoms with van der Waals surface area (Å²) in [6.45, 7) is 19.2. The summed E-state index contributed by atoms with van der Waals surface area (Å²) in [5.74, 6) is 0. The van der Waals surface area contributed by atoms with Gasteiger partial charge in [-0.1, -0.05) is 0 Å². The summed E-state index contributed by atoms with van der Waals surface area (Å²) >= 11 is 0. The molecule has 2 fully saturated rings. The number of likely N-dealkylation sites (tertiary alicyclic amines) is 1. The molecule has 0 aliphatic carbocycles. The van der Waals surface area contributed by atoms with Crippen LogP contribution in [0.15, 0.2) is 0 Å². The molecule has 3 nitrogen and oxygen atoms in total. The first-order chi connectivity index (χ1) is 9.40. The first kappa shape index (κ1) is 16.3. The summed E-state index contributed by atoms with van der Waals surface area (Å²) in [6, 6.07) is 3.60. The normalized spacial score (nSPS) is 32.4. The van der Waals surface area contributed by atoms with Gasteiger partial charge in [0, 0.05) is 43.3 Å². The van der Waals surface area contributed by atoms with Crippen LogP contribution in [-0.2, 0) is 0 Å². The lowest BCUT2D eigenvalue weighted by molar-refractivity contribution is -0.0175. The Morgan fingerprint density at radius 1 is 0.800 bits per heavy atom. The lowest BCUT2D eigenvalue weighted by Gasteiger charge is -2.50. The third-order valence-corrected chi connectivity index (χ3v) is 5.36. The van der Waals surface area contributed by atoms with Gasteiger partial charge >= 0.3 is 0 Å². The second kappa shape index (κ2) is 6.76. The highest BCUT2D eigenvalue weighted by Gasteiger charge is 2.35. The minimum atomic E-state index is 0.671. The zero-order valence-corrected chi connectivity index (χ0v) is 14.5. The van der Waals surface area contributed by atoms with E-state index in [2.05, 4.69) is 56.2 Å². The maximum absolute atomic E-state index is 2.78. The van der Waals surface area contributed by atoms with Crippen molar-refractivity contribution in [1.82, 2.24) is 14.7 Å². The van der Waals surface area contributed by atoms with Gasteiger partial charge in [-0.05, 0) is 67.5 Å². The Morgan fingerprint density at radius 3 is 1.70 bits per heavy atom. The molecule has 0 N–H and O–H groups in total. The van der Waals surface area contributed by atoms with E-state index >= 15 is 0 Å². The fourth-order valence-corrected chi connectivity index (χ4v) is 4.46. The van der Waals surface area contributed by atoms with Crippen LogP contribution in [0, 0.1) is 0 Å². The molecule has 2 saturated heterocycles. The smallest absolute Gasteiger partial charge is 0.0201 e. The first-order valence-electron chi connectivity index (χ1n) is 8.65. The zero-order valence-electron chi connectivity index (χ0n) is 14.5. The summed E-state index contributed by atoms with van der Waals surface area (Å²) in [7, 11) is 0. The van der Waals surface area contributed by atoms with Gasteiger partial charge in [0.25, 0.3) is 0 Å². The Labute approximate surface area is 126 Å². The number of rotatable bonds is 3. The highest BCUT2D eigenvalue weighted by molar-refractivity contribution is 4.91. The van der Waals surface area contributed by atoms with E-state index in [1.807, 2.05) is 0 Å². The predicted molar refractivity (Wildman–Crippen MR) is 87.2 cm³/mol. The maximum Gasteiger partial charge on any atom is 0.0201 e. The van der Waals surface area contributed by atoms with Crippen LogP contribution in [0.5, 0.6) is 0 Å². The van der Waals surface area contributed by atoms with Gasteiger partial charge in [-0.15, -0.1) is 0 Å². The van der Waals surface area contributed by atoms with Crippen LogP contribution in [0.3, 0.4) is 0 Å². The van der Waals surface area contributed by atoms with Crippen molar-refractivity contribution in [3.63, 3.8) is 0 Å². The number of hydrogen-bond acceptors (Lipinski definition) is 3. The second-order valence-electron chi connectivity index (χ2n) is 7.55. The fraction of sp³-hybridized carbons (Fsp3) is 1.00. The van der Waals surface area contributed by atoms with E-state index in [-0.39, 0.29) is 0 Å². The molecule has 2 aliphatic heterocycles. The molecular weight excluding hydrogens is 246 g/mol. The van der Waals surface area contributed by atoms with Crippen LogP contribution in [0.4, 0.5) is 0 Å². The molecule has 2 heterocycles. The first-order valence-corrected chi connectivity index (χ1v) is 8.65. The Morgan fingerprint density at radius 2 is 1.30 bits per heavy atom. The molecule has 0 unspecified atom stereocenters. The average Bonchev–Trinajstić information content (AvgIpc) is 2.37. The van der Waals surface area contributed by atoms with Crippen molar-refractivity contribution in [2.45, 2.75) is 84.6 Å². The number of hydrogen-bond donors (Lipinski definition) is 0. The molecule has 2 aliphatic rings. The second-order valence-corrected chi connectivity index (χ2v) is 7.55. The molecule has 0 aromatic rings. The molecule has 0 saturated carbocycles. The average molecular weight is 281 g/mol. The lowest BCUT2D eigenvalue weighted by atomic mass is 9.97. The largest absolute Gasteiger partial charge is 0.301 e. The Hall–Kier alpha value is -0.120. The van der Waals surface area contributed by atoms with Crippen molar-refractivity contribution in [3.8, 4) is 0 Å². The van der Waals surface area contributed by atoms with E-state index in [0.29, 0.717) is 24.2 Å². The third-order valence-electron chi connectivity index (χ3n) is 5.36. The van der Waals surface area contributed by atoms with Gasteiger partial charge < -0.3 is 4.90 Å². The summed E-state index contributed by atoms with van der Waals surface area (Å²) in [5.41, 5.74) is 0. The zero-order chi connectivity index (χ0) is 14.9. The van der Waals surface area contributed by atoms with Crippen LogP contribution in [0.1, 0.15) is 54.4 Å². The van der Waals surface area contributed by atoms with E-state index in [0.717, 1.165) is 6.04 Å². The molecule has 0 aromatic carbocycles. The van der Waals surface area contributed by atoms with Gasteiger partial charge in [-0.3, -0.25) is 9.80 Å². The Balaban J connectivity index is 1.89. The summed E-state index contributed by atoms with van der Waals surface area (Å²) in [4.78, 5) is 8.11. The lowest BCUT2D eigenvalue weighted by Crippen LogP contribution is -2.61. The monoisotopic (exact) mass is 281 g/mol. The molecule has 20 heavy (non-hydrogen) atoms. The molecule has 0 radical (unpaired) electrons. The van der Waals surface area contributed by atoms with Crippen LogP contribution in [0.2, 0.25) is 0 Å². The van der Waals surface area contributed by atoms with E-state index in [4.69, 9.17) is 0 Å². The van der Waals surface area contributed by atoms with E-state index < -0.39 is 0 Å². The maximum atomic E-state index is 2.78. The summed E-state index contributed by atoms with van der Waals surface area (Å²) in [5, 5.41) is 0. The van der Waals surface area contributed by atoms with Crippen LogP contribution in [0.25, 0.3) is 0 Å². The van der Waals surface area contributed by atoms with Crippen molar-refractivity contribution >= 4 is 0 Å². The van der Waals surface area contributed by atoms with E-state index in [1.165, 1.54) is 39.0 Å². The van der Waals surface area contributed by atoms with Crippen molar-refractivity contribution in [1.29, 1.82) is 0 Å². The minimum absolute atomic E-state index is 0.671. The van der Waals surface area contributed by atoms with Crippen LogP contribution >= 0.6 is 0 Å². The molecule has 118 valence electrons. The van der Waals surface area contributed by atoms with Crippen LogP contribution in [-0.4, -0.2) is 71.1 Å². The molecule has 0 aromatic heterocycles. The highest BCUT2D eigenvalue weighted by Crippen LogP contribution is 2.25. The standard InChI is InChI=1S/C17H35N3/c1-13(2)18-9-7-17(8-10-18)19-11-15(5)20(14(3)4)16(6)12-19/h13-17H,7-12H2,1-6H3/t15-,16-/m0/s1. The number of piperidine rings is 1. The molecular formula is C17H35N3. The van der Waals surface area contributed by atoms with Gasteiger partial charge in [-0.25, -0.2) is 0 Å². The summed E-state index contributed by atoms with van der Waals surface area (Å²) < 4.78 is 0. The minimum Gasteiger partial charge on any atom is -0.301 e. The topological polar surface area (TPSA) is 9.72 Å². The summed E-state index contributed by atoms with van der Waals surface area (Å²) in [6.07, 6.45) is 2.72. The molecule has 3 heteroatoms. The molecule has 2 rings (SSSR count). The van der Waals surface area contributed by atoms with Gasteiger partial charge in [-0.2, -0.15) is 0 Å². The van der Waals surface area contributed by atoms with Gasteiger partial charge in [0.05, 0.1) is 0 Å². The van der Waals surface area contributed by atoms with Crippen molar-refractivity contribution in [2.75, 3.05) is 26.2 Å². The molecule has 2 atom stereocenters. The quantitative estimate of drug-likeness (QED) is 0.787. The molecule has 0 spiro atoms. The number of nitrogens with zero attached hydrogens (tertiary/aromatic N) is 3. The fourth-order valence-electron chi connectivity index (χ4n) is 4.46. The van der Waals surface area contributed by atoms with Crippen molar-refractivity contribution in [2.24, 2.45) is 0 Å². The predicted octanol–water partition coefficient (Wildman–Crippen LogP) is 2.66. The highest BCUT2D eigenvalue weighted by atomic mass is 15.3. The molecule has 0 amide bonds. The van der Waals surface area contributed by atoms with E-state index in [1.54, 1.807) is 0 Å². The van der Waals surface area contributed by atoms with Crippen molar-refractivity contribution < 1.29 is 0 Å². The van der Waals surface area contributed by atoms with Gasteiger partial charge in [0.2, 0.25) is 0 Å². The van der Waals surface area contributed by atoms with E-state index in [9.17, 15) is 0 Å². The Kier molecular flexibility index (Phi) is 5.49. The SMILES string of the molecule is CC(C)N1CCC(N2C[C@H](C)N(C(C)C)[C@@H](C)C2)CC1.